The minimum atomic E-state index is -3.84. The van der Waals surface area contributed by atoms with E-state index in [9.17, 15) is 18.0 Å². The second-order valence-corrected chi connectivity index (χ2v) is 6.76. The van der Waals surface area contributed by atoms with Gasteiger partial charge in [0.2, 0.25) is 15.9 Å². The zero-order valence-electron chi connectivity index (χ0n) is 11.8. The van der Waals surface area contributed by atoms with E-state index in [4.69, 9.17) is 5.11 Å². The number of hydrogen-bond acceptors (Lipinski definition) is 4. The van der Waals surface area contributed by atoms with Crippen LogP contribution in [0.2, 0.25) is 0 Å². The first-order chi connectivity index (χ1) is 9.75. The highest BCUT2D eigenvalue weighted by Gasteiger charge is 2.32. The fourth-order valence-corrected chi connectivity index (χ4v) is 4.30. The number of aromatic amines is 1. The first kappa shape index (κ1) is 15.5. The van der Waals surface area contributed by atoms with Gasteiger partial charge in [-0.2, -0.15) is 4.31 Å². The number of H-pyrrole nitrogens is 1. The van der Waals surface area contributed by atoms with Crippen molar-refractivity contribution in [3.05, 3.63) is 17.0 Å². The summed E-state index contributed by atoms with van der Waals surface area (Å²) in [4.78, 5) is 25.0. The summed E-state index contributed by atoms with van der Waals surface area (Å²) in [5, 5.41) is 11.7. The molecule has 21 heavy (non-hydrogen) atoms. The van der Waals surface area contributed by atoms with E-state index in [0.29, 0.717) is 0 Å². The van der Waals surface area contributed by atoms with Crippen molar-refractivity contribution in [3.8, 4) is 0 Å². The number of sulfonamides is 1. The molecular weight excluding hydrogens is 298 g/mol. The number of rotatable bonds is 3. The van der Waals surface area contributed by atoms with E-state index in [1.165, 1.54) is 18.2 Å². The molecular formula is C12H17N3O5S. The molecule has 0 bridgehead atoms. The number of carboxylic acid groups (broad SMARTS) is 1. The van der Waals surface area contributed by atoms with Crippen LogP contribution in [0.25, 0.3) is 0 Å². The van der Waals surface area contributed by atoms with Gasteiger partial charge in [0, 0.05) is 37.3 Å². The van der Waals surface area contributed by atoms with Gasteiger partial charge in [-0.3, -0.25) is 4.79 Å². The largest absolute Gasteiger partial charge is 0.477 e. The Bertz CT molecular complexity index is 692. The lowest BCUT2D eigenvalue weighted by molar-refractivity contribution is -0.120. The van der Waals surface area contributed by atoms with Crippen LogP contribution in [0.15, 0.2) is 4.90 Å². The summed E-state index contributed by atoms with van der Waals surface area (Å²) < 4.78 is 26.6. The van der Waals surface area contributed by atoms with Crippen LogP contribution >= 0.6 is 0 Å². The van der Waals surface area contributed by atoms with Crippen LogP contribution in [-0.2, 0) is 14.8 Å². The van der Waals surface area contributed by atoms with Crippen molar-refractivity contribution >= 4 is 21.9 Å². The van der Waals surface area contributed by atoms with Crippen LogP contribution in [0.5, 0.6) is 0 Å². The summed E-state index contributed by atoms with van der Waals surface area (Å²) in [6, 6.07) is 0. The predicted octanol–water partition coefficient (Wildman–Crippen LogP) is -0.160. The minimum Gasteiger partial charge on any atom is -0.477 e. The molecule has 2 rings (SSSR count). The number of carboxylic acids is 1. The summed E-state index contributed by atoms with van der Waals surface area (Å²) in [6.07, 6.45) is 0.0908. The molecule has 1 saturated heterocycles. The van der Waals surface area contributed by atoms with E-state index in [2.05, 4.69) is 10.3 Å². The molecule has 1 amide bonds. The molecule has 2 heterocycles. The maximum Gasteiger partial charge on any atom is 0.352 e. The van der Waals surface area contributed by atoms with E-state index in [0.717, 1.165) is 0 Å². The fourth-order valence-electron chi connectivity index (χ4n) is 2.45. The first-order valence-corrected chi connectivity index (χ1v) is 7.88. The van der Waals surface area contributed by atoms with Gasteiger partial charge in [-0.25, -0.2) is 13.2 Å². The van der Waals surface area contributed by atoms with Gasteiger partial charge >= 0.3 is 5.97 Å². The molecule has 0 aliphatic carbocycles. The zero-order chi connectivity index (χ0) is 15.8. The summed E-state index contributed by atoms with van der Waals surface area (Å²) >= 11 is 0. The van der Waals surface area contributed by atoms with Crippen molar-refractivity contribution in [2.24, 2.45) is 0 Å². The number of aromatic carboxylic acids is 1. The lowest BCUT2D eigenvalue weighted by atomic mass is 10.2. The number of nitrogens with one attached hydrogen (secondary N) is 2. The number of hydrogen-bond donors (Lipinski definition) is 3. The Morgan fingerprint density at radius 3 is 2.52 bits per heavy atom. The van der Waals surface area contributed by atoms with Gasteiger partial charge in [-0.15, -0.1) is 0 Å². The Morgan fingerprint density at radius 2 is 1.95 bits per heavy atom. The molecule has 8 nitrogen and oxygen atoms in total. The average molecular weight is 315 g/mol. The Kier molecular flexibility index (Phi) is 4.06. The van der Waals surface area contributed by atoms with E-state index >= 15 is 0 Å². The van der Waals surface area contributed by atoms with Gasteiger partial charge in [-0.1, -0.05) is 0 Å². The van der Waals surface area contributed by atoms with E-state index in [1.54, 1.807) is 0 Å². The average Bonchev–Trinajstić information content (AvgIpc) is 2.56. The van der Waals surface area contributed by atoms with Crippen LogP contribution in [0.3, 0.4) is 0 Å². The number of aryl methyl sites for hydroxylation is 1. The van der Waals surface area contributed by atoms with Crippen LogP contribution in [0.4, 0.5) is 0 Å². The third-order valence-electron chi connectivity index (χ3n) is 3.45. The van der Waals surface area contributed by atoms with Crippen LogP contribution in [0.1, 0.15) is 28.2 Å². The summed E-state index contributed by atoms with van der Waals surface area (Å²) in [6.45, 7) is 3.47. The number of carbonyl (C=O) groups excluding carboxylic acids is 1. The normalized spacial score (nSPS) is 17.3. The molecule has 1 aliphatic heterocycles. The fraction of sp³-hybridized carbons (Fsp3) is 0.500. The summed E-state index contributed by atoms with van der Waals surface area (Å²) in [5.41, 5.74) is 0.340. The molecule has 1 aliphatic rings. The summed E-state index contributed by atoms with van der Waals surface area (Å²) in [7, 11) is -3.84. The monoisotopic (exact) mass is 315 g/mol. The Labute approximate surface area is 122 Å². The lowest BCUT2D eigenvalue weighted by Crippen LogP contribution is -2.34. The maximum atomic E-state index is 12.7. The van der Waals surface area contributed by atoms with Gasteiger partial charge in [0.05, 0.1) is 0 Å². The second kappa shape index (κ2) is 5.49. The van der Waals surface area contributed by atoms with Gasteiger partial charge in [-0.05, 0) is 13.8 Å². The Hall–Kier alpha value is -1.87. The molecule has 0 atom stereocenters. The molecule has 0 aromatic carbocycles. The second-order valence-electron chi connectivity index (χ2n) is 4.89. The summed E-state index contributed by atoms with van der Waals surface area (Å²) in [5.74, 6) is -1.40. The van der Waals surface area contributed by atoms with Crippen molar-refractivity contribution in [3.63, 3.8) is 0 Å². The van der Waals surface area contributed by atoms with Gasteiger partial charge < -0.3 is 15.4 Å². The molecule has 9 heteroatoms. The molecule has 0 saturated carbocycles. The highest BCUT2D eigenvalue weighted by Crippen LogP contribution is 2.26. The van der Waals surface area contributed by atoms with Crippen molar-refractivity contribution in [2.75, 3.05) is 19.6 Å². The molecule has 3 N–H and O–H groups in total. The van der Waals surface area contributed by atoms with Crippen molar-refractivity contribution in [1.82, 2.24) is 14.6 Å². The van der Waals surface area contributed by atoms with Gasteiger partial charge in [0.15, 0.2) is 0 Å². The van der Waals surface area contributed by atoms with Crippen molar-refractivity contribution < 1.29 is 23.1 Å². The predicted molar refractivity (Wildman–Crippen MR) is 73.6 cm³/mol. The van der Waals surface area contributed by atoms with Crippen molar-refractivity contribution in [2.45, 2.75) is 25.2 Å². The van der Waals surface area contributed by atoms with E-state index in [-0.39, 0.29) is 53.8 Å². The van der Waals surface area contributed by atoms with Gasteiger partial charge in [0.1, 0.15) is 10.6 Å². The highest BCUT2D eigenvalue weighted by molar-refractivity contribution is 7.89. The first-order valence-electron chi connectivity index (χ1n) is 6.44. The number of carbonyl (C=O) groups is 2. The molecule has 0 radical (unpaired) electrons. The van der Waals surface area contributed by atoms with E-state index in [1.807, 2.05) is 0 Å². The third kappa shape index (κ3) is 2.79. The van der Waals surface area contributed by atoms with Crippen LogP contribution < -0.4 is 5.32 Å². The number of nitrogens with zero attached hydrogens (tertiary/aromatic N) is 1. The number of amides is 1. The quantitative estimate of drug-likeness (QED) is 0.716. The smallest absolute Gasteiger partial charge is 0.352 e. The van der Waals surface area contributed by atoms with Gasteiger partial charge in [0.25, 0.3) is 0 Å². The SMILES string of the molecule is Cc1[nH]c(C(=O)O)c(C)c1S(=O)(=O)N1CCNC(=O)CC1. The highest BCUT2D eigenvalue weighted by atomic mass is 32.2. The molecule has 1 aromatic heterocycles. The standard InChI is InChI=1S/C12H17N3O5S/c1-7-10(12(17)18)14-8(2)11(7)21(19,20)15-5-3-9(16)13-4-6-15/h14H,3-6H2,1-2H3,(H,13,16)(H,17,18). The maximum absolute atomic E-state index is 12.7. The topological polar surface area (TPSA) is 120 Å². The van der Waals surface area contributed by atoms with E-state index < -0.39 is 16.0 Å². The molecule has 1 aromatic rings. The third-order valence-corrected chi connectivity index (χ3v) is 5.63. The molecule has 1 fully saturated rings. The van der Waals surface area contributed by atoms with Crippen molar-refractivity contribution in [1.29, 1.82) is 0 Å². The molecule has 0 unspecified atom stereocenters. The Balaban J connectivity index is 2.44. The lowest BCUT2D eigenvalue weighted by Gasteiger charge is -2.19. The molecule has 116 valence electrons. The Morgan fingerprint density at radius 1 is 1.29 bits per heavy atom. The minimum absolute atomic E-state index is 0.0192. The number of aromatic nitrogens is 1. The van der Waals surface area contributed by atoms with Crippen LogP contribution in [0, 0.1) is 13.8 Å². The zero-order valence-corrected chi connectivity index (χ0v) is 12.6. The molecule has 0 spiro atoms. The van der Waals surface area contributed by atoms with Crippen LogP contribution in [-0.4, -0.2) is 54.3 Å².